The van der Waals surface area contributed by atoms with Crippen molar-refractivity contribution in [3.05, 3.63) is 41.0 Å². The van der Waals surface area contributed by atoms with E-state index in [1.54, 1.807) is 0 Å². The first-order chi connectivity index (χ1) is 11.6. The molecule has 0 spiro atoms. The number of rotatable bonds is 8. The number of unbranched alkanes of at least 4 members (excludes halogenated alkanes) is 1. The number of carbonyl (C=O) groups is 1. The zero-order valence-corrected chi connectivity index (χ0v) is 17.9. The number of benzene rings is 1. The second-order valence-electron chi connectivity index (χ2n) is 8.09. The van der Waals surface area contributed by atoms with E-state index < -0.39 is 8.32 Å². The zero-order valence-electron chi connectivity index (χ0n) is 16.9. The van der Waals surface area contributed by atoms with Crippen LogP contribution in [-0.2, 0) is 20.6 Å². The van der Waals surface area contributed by atoms with Gasteiger partial charge < -0.3 is 9.16 Å². The lowest BCUT2D eigenvalue weighted by atomic mass is 10.1. The van der Waals surface area contributed by atoms with E-state index in [0.29, 0.717) is 13.2 Å². The zero-order chi connectivity index (χ0) is 19.1. The van der Waals surface area contributed by atoms with Gasteiger partial charge in [0.05, 0.1) is 13.2 Å². The Balaban J connectivity index is 2.67. The lowest BCUT2D eigenvalue weighted by Crippen LogP contribution is -2.40. The molecule has 1 aromatic carbocycles. The highest BCUT2D eigenvalue weighted by atomic mass is 28.4. The Morgan fingerprint density at radius 1 is 1.24 bits per heavy atom. The Kier molecular flexibility index (Phi) is 8.09. The highest BCUT2D eigenvalue weighted by molar-refractivity contribution is 6.74. The molecule has 0 saturated carbocycles. The van der Waals surface area contributed by atoms with Crippen molar-refractivity contribution in [1.82, 2.24) is 0 Å². The molecule has 4 heteroatoms. The molecule has 0 aliphatic heterocycles. The van der Waals surface area contributed by atoms with Crippen molar-refractivity contribution in [2.24, 2.45) is 0 Å². The summed E-state index contributed by atoms with van der Waals surface area (Å²) in [7, 11) is -1.74. The van der Waals surface area contributed by atoms with Gasteiger partial charge in [-0.05, 0) is 54.2 Å². The van der Waals surface area contributed by atoms with Crippen molar-refractivity contribution in [2.75, 3.05) is 6.61 Å². The molecular weight excluding hydrogens is 328 g/mol. The summed E-state index contributed by atoms with van der Waals surface area (Å²) in [6, 6.07) is 6.24. The average molecular weight is 363 g/mol. The van der Waals surface area contributed by atoms with Gasteiger partial charge in [0.25, 0.3) is 0 Å². The third-order valence-corrected chi connectivity index (χ3v) is 9.36. The van der Waals surface area contributed by atoms with Crippen LogP contribution in [0, 0.1) is 6.92 Å². The molecule has 0 amide bonds. The maximum Gasteiger partial charge on any atom is 0.330 e. The van der Waals surface area contributed by atoms with Gasteiger partial charge in [0, 0.05) is 6.08 Å². The Morgan fingerprint density at radius 3 is 2.48 bits per heavy atom. The molecule has 0 saturated heterocycles. The third-order valence-electron chi connectivity index (χ3n) is 4.88. The van der Waals surface area contributed by atoms with Crippen LogP contribution in [0.4, 0.5) is 0 Å². The predicted molar refractivity (Wildman–Crippen MR) is 108 cm³/mol. The standard InChI is InChI=1S/C21H34O3Si/c1-8-9-14-23-20(22)13-12-19-11-10-18(15-17(19)2)16-24-25(6,7)21(3,4)5/h10-13,15H,8-9,14,16H2,1-7H3. The molecular formula is C21H34O3Si. The smallest absolute Gasteiger partial charge is 0.330 e. The minimum atomic E-state index is -1.74. The monoisotopic (exact) mass is 362 g/mol. The van der Waals surface area contributed by atoms with Gasteiger partial charge in [0.15, 0.2) is 8.32 Å². The van der Waals surface area contributed by atoms with Gasteiger partial charge in [-0.15, -0.1) is 0 Å². The molecule has 0 atom stereocenters. The number of aryl methyl sites for hydroxylation is 1. The fraction of sp³-hybridized carbons (Fsp3) is 0.571. The molecule has 140 valence electrons. The van der Waals surface area contributed by atoms with Crippen LogP contribution in [0.2, 0.25) is 18.1 Å². The first kappa shape index (κ1) is 21.6. The summed E-state index contributed by atoms with van der Waals surface area (Å²) >= 11 is 0. The van der Waals surface area contributed by atoms with Crippen LogP contribution in [0.15, 0.2) is 24.3 Å². The summed E-state index contributed by atoms with van der Waals surface area (Å²) in [5.41, 5.74) is 3.34. The van der Waals surface area contributed by atoms with Crippen LogP contribution in [0.25, 0.3) is 6.08 Å². The van der Waals surface area contributed by atoms with E-state index in [-0.39, 0.29) is 11.0 Å². The van der Waals surface area contributed by atoms with Gasteiger partial charge in [-0.25, -0.2) is 4.79 Å². The van der Waals surface area contributed by atoms with E-state index in [0.717, 1.165) is 24.0 Å². The van der Waals surface area contributed by atoms with Gasteiger partial charge in [-0.1, -0.05) is 52.3 Å². The van der Waals surface area contributed by atoms with Crippen LogP contribution in [0.5, 0.6) is 0 Å². The number of hydrogen-bond acceptors (Lipinski definition) is 3. The summed E-state index contributed by atoms with van der Waals surface area (Å²) in [6.45, 7) is 16.5. The van der Waals surface area contributed by atoms with Crippen molar-refractivity contribution in [1.29, 1.82) is 0 Å². The molecule has 1 rings (SSSR count). The van der Waals surface area contributed by atoms with Gasteiger partial charge in [-0.3, -0.25) is 0 Å². The number of ether oxygens (including phenoxy) is 1. The first-order valence-electron chi connectivity index (χ1n) is 9.15. The highest BCUT2D eigenvalue weighted by Crippen LogP contribution is 2.37. The summed E-state index contributed by atoms with van der Waals surface area (Å²) < 4.78 is 11.4. The van der Waals surface area contributed by atoms with E-state index in [4.69, 9.17) is 9.16 Å². The van der Waals surface area contributed by atoms with E-state index >= 15 is 0 Å². The van der Waals surface area contributed by atoms with Gasteiger partial charge in [-0.2, -0.15) is 0 Å². The number of hydrogen-bond donors (Lipinski definition) is 0. The van der Waals surface area contributed by atoms with Crippen LogP contribution in [0.3, 0.4) is 0 Å². The molecule has 0 aliphatic rings. The molecule has 0 N–H and O–H groups in total. The summed E-state index contributed by atoms with van der Waals surface area (Å²) in [4.78, 5) is 11.7. The Hall–Kier alpha value is -1.39. The normalized spacial score (nSPS) is 12.6. The van der Waals surface area contributed by atoms with E-state index in [9.17, 15) is 4.79 Å². The van der Waals surface area contributed by atoms with Crippen LogP contribution < -0.4 is 0 Å². The Labute approximate surface area is 154 Å². The fourth-order valence-corrected chi connectivity index (χ4v) is 2.98. The maximum absolute atomic E-state index is 11.7. The quantitative estimate of drug-likeness (QED) is 0.251. The summed E-state index contributed by atoms with van der Waals surface area (Å²) in [5.74, 6) is -0.279. The molecule has 25 heavy (non-hydrogen) atoms. The summed E-state index contributed by atoms with van der Waals surface area (Å²) in [5, 5.41) is 0.211. The minimum absolute atomic E-state index is 0.211. The SMILES string of the molecule is CCCCOC(=O)C=Cc1ccc(CO[Si](C)(C)C(C)(C)C)cc1C. The maximum atomic E-state index is 11.7. The van der Waals surface area contributed by atoms with E-state index in [1.807, 2.05) is 12.1 Å². The van der Waals surface area contributed by atoms with Crippen LogP contribution in [0.1, 0.15) is 57.2 Å². The van der Waals surface area contributed by atoms with Gasteiger partial charge >= 0.3 is 5.97 Å². The Morgan fingerprint density at radius 2 is 1.92 bits per heavy atom. The minimum Gasteiger partial charge on any atom is -0.463 e. The van der Waals surface area contributed by atoms with Crippen molar-refractivity contribution in [3.63, 3.8) is 0 Å². The average Bonchev–Trinajstić information content (AvgIpc) is 2.51. The van der Waals surface area contributed by atoms with Crippen molar-refractivity contribution < 1.29 is 14.0 Å². The number of esters is 1. The molecule has 0 unspecified atom stereocenters. The molecule has 0 radical (unpaired) electrons. The fourth-order valence-electron chi connectivity index (χ4n) is 2.02. The molecule has 3 nitrogen and oxygen atoms in total. The van der Waals surface area contributed by atoms with Crippen molar-refractivity contribution in [3.8, 4) is 0 Å². The van der Waals surface area contributed by atoms with Gasteiger partial charge in [0.2, 0.25) is 0 Å². The van der Waals surface area contributed by atoms with Gasteiger partial charge in [0.1, 0.15) is 0 Å². The molecule has 0 heterocycles. The van der Waals surface area contributed by atoms with Crippen molar-refractivity contribution in [2.45, 2.75) is 72.2 Å². The highest BCUT2D eigenvalue weighted by Gasteiger charge is 2.36. The second-order valence-corrected chi connectivity index (χ2v) is 12.9. The molecule has 0 aromatic heterocycles. The summed E-state index contributed by atoms with van der Waals surface area (Å²) in [6.07, 6.45) is 5.25. The third kappa shape index (κ3) is 7.16. The molecule has 0 aliphatic carbocycles. The molecule has 0 bridgehead atoms. The largest absolute Gasteiger partial charge is 0.463 e. The first-order valence-corrected chi connectivity index (χ1v) is 12.1. The molecule has 0 fully saturated rings. The number of carbonyl (C=O) groups excluding carboxylic acids is 1. The van der Waals surface area contributed by atoms with Crippen LogP contribution in [-0.4, -0.2) is 20.9 Å². The van der Waals surface area contributed by atoms with E-state index in [2.05, 4.69) is 59.8 Å². The topological polar surface area (TPSA) is 35.5 Å². The molecule has 1 aromatic rings. The predicted octanol–water partition coefficient (Wildman–Crippen LogP) is 5.87. The second kappa shape index (κ2) is 9.34. The van der Waals surface area contributed by atoms with Crippen LogP contribution >= 0.6 is 0 Å². The van der Waals surface area contributed by atoms with E-state index in [1.165, 1.54) is 11.6 Å². The van der Waals surface area contributed by atoms with Crippen molar-refractivity contribution >= 4 is 20.4 Å². The Bertz CT molecular complexity index is 598. The lowest BCUT2D eigenvalue weighted by molar-refractivity contribution is -0.137. The lowest BCUT2D eigenvalue weighted by Gasteiger charge is -2.36.